The minimum atomic E-state index is -4.02. The van der Waals surface area contributed by atoms with Gasteiger partial charge in [-0.3, -0.25) is 10.1 Å². The molecule has 1 amide bonds. The van der Waals surface area contributed by atoms with Crippen LogP contribution in [0.5, 0.6) is 0 Å². The summed E-state index contributed by atoms with van der Waals surface area (Å²) < 4.78 is 32.1. The second kappa shape index (κ2) is 9.12. The molecule has 0 aliphatic carbocycles. The highest BCUT2D eigenvalue weighted by Gasteiger charge is 2.22. The molecule has 2 N–H and O–H groups in total. The van der Waals surface area contributed by atoms with E-state index in [4.69, 9.17) is 16.1 Å². The molecule has 0 spiro atoms. The van der Waals surface area contributed by atoms with Crippen molar-refractivity contribution >= 4 is 44.0 Å². The van der Waals surface area contributed by atoms with Crippen molar-refractivity contribution in [3.8, 4) is 11.4 Å². The number of aryl methyl sites for hydroxylation is 1. The molecule has 13 heteroatoms. The predicted molar refractivity (Wildman–Crippen MR) is 118 cm³/mol. The molecule has 0 saturated heterocycles. The standard InChI is InChI=1S/C19H15ClN6O4S2/c1-11-6-8-12(9-7-11)17(27)23-18-24-25-19(31-18)32(28,29)21-10-15-22-16(26-30-15)13-4-2-3-5-14(13)20/h2-9,21H,10H2,1H3,(H,23,24,27). The number of halogens is 1. The smallest absolute Gasteiger partial charge is 0.270 e. The highest BCUT2D eigenvalue weighted by molar-refractivity contribution is 7.91. The van der Waals surface area contributed by atoms with Gasteiger partial charge in [0.2, 0.25) is 21.2 Å². The largest absolute Gasteiger partial charge is 0.338 e. The first kappa shape index (κ1) is 22.0. The van der Waals surface area contributed by atoms with Crippen LogP contribution in [-0.4, -0.2) is 34.7 Å². The van der Waals surface area contributed by atoms with E-state index in [-0.39, 0.29) is 27.7 Å². The van der Waals surface area contributed by atoms with E-state index in [1.807, 2.05) is 6.92 Å². The fourth-order valence-electron chi connectivity index (χ4n) is 2.54. The first-order valence-corrected chi connectivity index (χ1v) is 11.8. The molecule has 0 saturated carbocycles. The minimum Gasteiger partial charge on any atom is -0.338 e. The Balaban J connectivity index is 1.40. The third kappa shape index (κ3) is 4.99. The second-order valence-corrected chi connectivity index (χ2v) is 9.83. The van der Waals surface area contributed by atoms with E-state index in [1.165, 1.54) is 0 Å². The molecule has 164 valence electrons. The number of aromatic nitrogens is 4. The zero-order valence-electron chi connectivity index (χ0n) is 16.4. The predicted octanol–water partition coefficient (Wildman–Crippen LogP) is 3.28. The molecule has 0 aliphatic rings. The van der Waals surface area contributed by atoms with Crippen molar-refractivity contribution in [3.05, 3.63) is 70.6 Å². The van der Waals surface area contributed by atoms with E-state index in [9.17, 15) is 13.2 Å². The fourth-order valence-corrected chi connectivity index (χ4v) is 4.67. The number of carbonyl (C=O) groups is 1. The molecule has 0 atom stereocenters. The van der Waals surface area contributed by atoms with E-state index < -0.39 is 15.9 Å². The van der Waals surface area contributed by atoms with Crippen LogP contribution in [0.15, 0.2) is 57.4 Å². The number of amides is 1. The van der Waals surface area contributed by atoms with Gasteiger partial charge in [-0.1, -0.05) is 57.9 Å². The Morgan fingerprint density at radius 2 is 1.88 bits per heavy atom. The molecular weight excluding hydrogens is 476 g/mol. The summed E-state index contributed by atoms with van der Waals surface area (Å²) in [7, 11) is -4.02. The Bertz CT molecular complexity index is 1370. The molecular formula is C19H15ClN6O4S2. The van der Waals surface area contributed by atoms with Crippen LogP contribution in [0.25, 0.3) is 11.4 Å². The van der Waals surface area contributed by atoms with Gasteiger partial charge in [-0.2, -0.15) is 9.71 Å². The maximum atomic E-state index is 12.5. The average Bonchev–Trinajstić information content (AvgIpc) is 3.43. The minimum absolute atomic E-state index is 0.0425. The number of sulfonamides is 1. The molecule has 0 unspecified atom stereocenters. The molecule has 2 aromatic carbocycles. The zero-order chi connectivity index (χ0) is 22.7. The summed E-state index contributed by atoms with van der Waals surface area (Å²) in [6.07, 6.45) is 0. The van der Waals surface area contributed by atoms with Crippen LogP contribution in [0, 0.1) is 6.92 Å². The highest BCUT2D eigenvalue weighted by atomic mass is 35.5. The topological polar surface area (TPSA) is 140 Å². The SMILES string of the molecule is Cc1ccc(C(=O)Nc2nnc(S(=O)(=O)NCc3nc(-c4ccccc4Cl)no3)s2)cc1. The normalized spacial score (nSPS) is 11.4. The number of carbonyl (C=O) groups excluding carboxylic acids is 1. The second-order valence-electron chi connectivity index (χ2n) is 6.51. The summed E-state index contributed by atoms with van der Waals surface area (Å²) in [4.78, 5) is 16.4. The summed E-state index contributed by atoms with van der Waals surface area (Å²) in [5.74, 6) is -0.140. The number of nitrogens with one attached hydrogen (secondary N) is 2. The molecule has 10 nitrogen and oxygen atoms in total. The maximum Gasteiger partial charge on any atom is 0.270 e. The van der Waals surface area contributed by atoms with E-state index in [1.54, 1.807) is 48.5 Å². The number of hydrogen-bond donors (Lipinski definition) is 2. The van der Waals surface area contributed by atoms with E-state index >= 15 is 0 Å². The van der Waals surface area contributed by atoms with Gasteiger partial charge in [0.1, 0.15) is 0 Å². The van der Waals surface area contributed by atoms with Crippen molar-refractivity contribution in [2.24, 2.45) is 0 Å². The van der Waals surface area contributed by atoms with Crippen LogP contribution in [0.4, 0.5) is 5.13 Å². The van der Waals surface area contributed by atoms with Crippen LogP contribution in [-0.2, 0) is 16.6 Å². The summed E-state index contributed by atoms with van der Waals surface area (Å²) in [5, 5.41) is 14.2. The van der Waals surface area contributed by atoms with Crippen LogP contribution >= 0.6 is 22.9 Å². The van der Waals surface area contributed by atoms with Crippen molar-refractivity contribution in [3.63, 3.8) is 0 Å². The van der Waals surface area contributed by atoms with Crippen molar-refractivity contribution in [2.75, 3.05) is 5.32 Å². The molecule has 4 rings (SSSR count). The van der Waals surface area contributed by atoms with Crippen molar-refractivity contribution in [1.29, 1.82) is 0 Å². The van der Waals surface area contributed by atoms with Gasteiger partial charge in [0.05, 0.1) is 11.6 Å². The lowest BCUT2D eigenvalue weighted by Crippen LogP contribution is -2.23. The monoisotopic (exact) mass is 490 g/mol. The summed E-state index contributed by atoms with van der Waals surface area (Å²) in [6, 6.07) is 13.8. The van der Waals surface area contributed by atoms with Crippen LogP contribution in [0.1, 0.15) is 21.8 Å². The first-order valence-electron chi connectivity index (χ1n) is 9.10. The lowest BCUT2D eigenvalue weighted by Gasteiger charge is -2.01. The molecule has 0 bridgehead atoms. The number of hydrogen-bond acceptors (Lipinski definition) is 9. The molecule has 4 aromatic rings. The summed E-state index contributed by atoms with van der Waals surface area (Å²) >= 11 is 6.82. The van der Waals surface area contributed by atoms with E-state index in [0.29, 0.717) is 27.5 Å². The first-order chi connectivity index (χ1) is 15.3. The fraction of sp³-hybridized carbons (Fsp3) is 0.105. The third-order valence-electron chi connectivity index (χ3n) is 4.17. The molecule has 0 aliphatic heterocycles. The molecule has 32 heavy (non-hydrogen) atoms. The van der Waals surface area contributed by atoms with Gasteiger partial charge >= 0.3 is 0 Å². The average molecular weight is 491 g/mol. The molecule has 0 radical (unpaired) electrons. The quantitative estimate of drug-likeness (QED) is 0.376. The number of rotatable bonds is 7. The van der Waals surface area contributed by atoms with Gasteiger partial charge in [-0.25, -0.2) is 8.42 Å². The Morgan fingerprint density at radius 3 is 2.62 bits per heavy atom. The van der Waals surface area contributed by atoms with Gasteiger partial charge in [0, 0.05) is 11.1 Å². The van der Waals surface area contributed by atoms with Gasteiger partial charge in [-0.15, -0.1) is 10.2 Å². The van der Waals surface area contributed by atoms with Crippen molar-refractivity contribution < 1.29 is 17.7 Å². The van der Waals surface area contributed by atoms with Gasteiger partial charge in [0.15, 0.2) is 0 Å². The zero-order valence-corrected chi connectivity index (χ0v) is 18.8. The molecule has 2 aromatic heterocycles. The van der Waals surface area contributed by atoms with Crippen LogP contribution < -0.4 is 10.0 Å². The number of nitrogens with zero attached hydrogens (tertiary/aromatic N) is 4. The molecule has 0 fully saturated rings. The van der Waals surface area contributed by atoms with Gasteiger partial charge in [-0.05, 0) is 31.2 Å². The Morgan fingerprint density at radius 1 is 1.12 bits per heavy atom. The number of anilines is 1. The Kier molecular flexibility index (Phi) is 6.28. The van der Waals surface area contributed by atoms with E-state index in [2.05, 4.69) is 30.4 Å². The maximum absolute atomic E-state index is 12.5. The van der Waals surface area contributed by atoms with Crippen molar-refractivity contribution in [1.82, 2.24) is 25.1 Å². The Hall–Kier alpha value is -3.19. The lowest BCUT2D eigenvalue weighted by atomic mass is 10.1. The van der Waals surface area contributed by atoms with Gasteiger partial charge < -0.3 is 4.52 Å². The molecule has 2 heterocycles. The summed E-state index contributed by atoms with van der Waals surface area (Å²) in [6.45, 7) is 1.65. The van der Waals surface area contributed by atoms with Crippen LogP contribution in [0.3, 0.4) is 0 Å². The highest BCUT2D eigenvalue weighted by Crippen LogP contribution is 2.25. The number of benzene rings is 2. The van der Waals surface area contributed by atoms with Crippen LogP contribution in [0.2, 0.25) is 5.02 Å². The van der Waals surface area contributed by atoms with Crippen molar-refractivity contribution in [2.45, 2.75) is 17.8 Å². The van der Waals surface area contributed by atoms with Gasteiger partial charge in [0.25, 0.3) is 15.9 Å². The summed E-state index contributed by atoms with van der Waals surface area (Å²) in [5.41, 5.74) is 1.99. The van der Waals surface area contributed by atoms with E-state index in [0.717, 1.165) is 5.56 Å². The lowest BCUT2D eigenvalue weighted by molar-refractivity contribution is 0.102. The Labute approximate surface area is 191 Å². The third-order valence-corrected chi connectivity index (χ3v) is 7.10.